The van der Waals surface area contributed by atoms with Crippen LogP contribution in [-0.4, -0.2) is 31.6 Å². The smallest absolute Gasteiger partial charge is 0.264 e. The zero-order valence-corrected chi connectivity index (χ0v) is 16.5. The molecule has 1 aliphatic heterocycles. The third kappa shape index (κ3) is 3.24. The summed E-state index contributed by atoms with van der Waals surface area (Å²) in [6, 6.07) is 13.6. The van der Waals surface area contributed by atoms with Crippen molar-refractivity contribution in [3.05, 3.63) is 81.3 Å². The Morgan fingerprint density at radius 3 is 2.46 bits per heavy atom. The Kier molecular flexibility index (Phi) is 5.05. The second kappa shape index (κ2) is 7.64. The first-order valence-electron chi connectivity index (χ1n) is 8.97. The molecule has 0 saturated heterocycles. The van der Waals surface area contributed by atoms with Gasteiger partial charge in [-0.3, -0.25) is 4.79 Å². The number of fused-ring (bicyclic) bond motifs is 1. The third-order valence-electron chi connectivity index (χ3n) is 5.05. The van der Waals surface area contributed by atoms with Crippen molar-refractivity contribution in [1.82, 2.24) is 4.90 Å². The molecule has 4 nitrogen and oxygen atoms in total. The second-order valence-corrected chi connectivity index (χ2v) is 7.53. The Morgan fingerprint density at radius 1 is 1.11 bits per heavy atom. The molecule has 1 amide bonds. The van der Waals surface area contributed by atoms with Gasteiger partial charge in [0.15, 0.2) is 11.5 Å². The molecule has 1 aromatic heterocycles. The third-order valence-corrected chi connectivity index (χ3v) is 5.91. The summed E-state index contributed by atoms with van der Waals surface area (Å²) >= 11 is 1.42. The van der Waals surface area contributed by atoms with Gasteiger partial charge < -0.3 is 14.4 Å². The highest BCUT2D eigenvalue weighted by atomic mass is 32.1. The summed E-state index contributed by atoms with van der Waals surface area (Å²) < 4.78 is 24.5. The molecule has 6 heteroatoms. The average Bonchev–Trinajstić information content (AvgIpc) is 3.27. The van der Waals surface area contributed by atoms with Gasteiger partial charge in [-0.05, 0) is 58.8 Å². The molecule has 0 bridgehead atoms. The van der Waals surface area contributed by atoms with Crippen LogP contribution < -0.4 is 9.47 Å². The molecule has 0 radical (unpaired) electrons. The van der Waals surface area contributed by atoms with Crippen LogP contribution in [0.4, 0.5) is 4.39 Å². The highest BCUT2D eigenvalue weighted by Crippen LogP contribution is 2.41. The van der Waals surface area contributed by atoms with E-state index in [0.717, 1.165) is 16.7 Å². The molecule has 1 atom stereocenters. The maximum absolute atomic E-state index is 13.5. The van der Waals surface area contributed by atoms with Crippen LogP contribution in [0.3, 0.4) is 0 Å². The van der Waals surface area contributed by atoms with E-state index in [-0.39, 0.29) is 17.8 Å². The molecule has 144 valence electrons. The number of methoxy groups -OCH3 is 2. The standard InChI is InChI=1S/C22H20FNO3S/c1-26-18-12-15-9-10-24(22(25)20-4-3-11-28-20)21(17(15)13-19(18)27-2)14-5-7-16(23)8-6-14/h3-8,11-13,21H,9-10H2,1-2H3. The first-order valence-corrected chi connectivity index (χ1v) is 9.85. The van der Waals surface area contributed by atoms with Gasteiger partial charge in [0.2, 0.25) is 0 Å². The van der Waals surface area contributed by atoms with E-state index in [1.165, 1.54) is 23.5 Å². The molecule has 4 rings (SSSR count). The maximum Gasteiger partial charge on any atom is 0.264 e. The Bertz CT molecular complexity index is 986. The molecule has 0 fully saturated rings. The molecule has 2 aromatic carbocycles. The van der Waals surface area contributed by atoms with E-state index in [1.807, 2.05) is 34.5 Å². The summed E-state index contributed by atoms with van der Waals surface area (Å²) in [4.78, 5) is 15.8. The summed E-state index contributed by atoms with van der Waals surface area (Å²) in [6.07, 6.45) is 0.713. The molecule has 3 aromatic rings. The lowest BCUT2D eigenvalue weighted by Gasteiger charge is -2.38. The SMILES string of the molecule is COc1cc2c(cc1OC)C(c1ccc(F)cc1)N(C(=O)c1cccs1)CC2. The van der Waals surface area contributed by atoms with E-state index < -0.39 is 0 Å². The van der Waals surface area contributed by atoms with Crippen LogP contribution in [0.2, 0.25) is 0 Å². The Morgan fingerprint density at radius 2 is 1.82 bits per heavy atom. The summed E-state index contributed by atoms with van der Waals surface area (Å²) in [5.74, 6) is 0.948. The largest absolute Gasteiger partial charge is 0.493 e. The van der Waals surface area contributed by atoms with Gasteiger partial charge in [0.25, 0.3) is 5.91 Å². The van der Waals surface area contributed by atoms with Crippen LogP contribution in [0.15, 0.2) is 53.9 Å². The van der Waals surface area contributed by atoms with E-state index in [2.05, 4.69) is 0 Å². The minimum absolute atomic E-state index is 0.0234. The highest BCUT2D eigenvalue weighted by molar-refractivity contribution is 7.12. The fourth-order valence-electron chi connectivity index (χ4n) is 3.71. The van der Waals surface area contributed by atoms with Gasteiger partial charge in [0, 0.05) is 6.54 Å². The Labute approximate surface area is 167 Å². The number of nitrogens with zero attached hydrogens (tertiary/aromatic N) is 1. The lowest BCUT2D eigenvalue weighted by Crippen LogP contribution is -2.40. The molecule has 1 unspecified atom stereocenters. The molecule has 0 saturated carbocycles. The predicted molar refractivity (Wildman–Crippen MR) is 107 cm³/mol. The monoisotopic (exact) mass is 397 g/mol. The Balaban J connectivity index is 1.85. The molecule has 0 spiro atoms. The van der Waals surface area contributed by atoms with Crippen molar-refractivity contribution < 1.29 is 18.7 Å². The van der Waals surface area contributed by atoms with E-state index in [4.69, 9.17) is 9.47 Å². The topological polar surface area (TPSA) is 38.8 Å². The fourth-order valence-corrected chi connectivity index (χ4v) is 4.39. The first kappa shape index (κ1) is 18.5. The molecule has 0 N–H and O–H groups in total. The van der Waals surface area contributed by atoms with E-state index >= 15 is 0 Å². The highest BCUT2D eigenvalue weighted by Gasteiger charge is 2.34. The normalized spacial score (nSPS) is 15.8. The van der Waals surface area contributed by atoms with Crippen molar-refractivity contribution in [3.8, 4) is 11.5 Å². The zero-order chi connectivity index (χ0) is 19.7. The molecule has 0 aliphatic carbocycles. The van der Waals surface area contributed by atoms with Crippen molar-refractivity contribution in [1.29, 1.82) is 0 Å². The predicted octanol–water partition coefficient (Wildman–Crippen LogP) is 4.69. The van der Waals surface area contributed by atoms with Gasteiger partial charge in [-0.25, -0.2) is 4.39 Å². The van der Waals surface area contributed by atoms with Gasteiger partial charge >= 0.3 is 0 Å². The molecule has 28 heavy (non-hydrogen) atoms. The van der Waals surface area contributed by atoms with E-state index in [9.17, 15) is 9.18 Å². The van der Waals surface area contributed by atoms with Gasteiger partial charge in [-0.2, -0.15) is 0 Å². The minimum atomic E-state index is -0.321. The van der Waals surface area contributed by atoms with Gasteiger partial charge in [0.05, 0.1) is 25.1 Å². The van der Waals surface area contributed by atoms with Crippen molar-refractivity contribution in [3.63, 3.8) is 0 Å². The molecular weight excluding hydrogens is 377 g/mol. The number of halogens is 1. The van der Waals surface area contributed by atoms with Crippen molar-refractivity contribution in [2.24, 2.45) is 0 Å². The summed E-state index contributed by atoms with van der Waals surface area (Å²) in [7, 11) is 3.20. The van der Waals surface area contributed by atoms with Crippen LogP contribution in [0, 0.1) is 5.82 Å². The second-order valence-electron chi connectivity index (χ2n) is 6.59. The number of benzene rings is 2. The average molecular weight is 397 g/mol. The quantitative estimate of drug-likeness (QED) is 0.641. The van der Waals surface area contributed by atoms with Crippen LogP contribution in [-0.2, 0) is 6.42 Å². The van der Waals surface area contributed by atoms with Crippen molar-refractivity contribution in [2.45, 2.75) is 12.5 Å². The molecular formula is C22H20FNO3S. The number of carbonyl (C=O) groups is 1. The van der Waals surface area contributed by atoms with Crippen molar-refractivity contribution >= 4 is 17.2 Å². The van der Waals surface area contributed by atoms with E-state index in [1.54, 1.807) is 26.4 Å². The maximum atomic E-state index is 13.5. The van der Waals surface area contributed by atoms with Crippen LogP contribution in [0.25, 0.3) is 0 Å². The van der Waals surface area contributed by atoms with Crippen molar-refractivity contribution in [2.75, 3.05) is 20.8 Å². The van der Waals surface area contributed by atoms with Crippen LogP contribution in [0.1, 0.15) is 32.4 Å². The summed E-state index contributed by atoms with van der Waals surface area (Å²) in [5.41, 5.74) is 2.93. The lowest BCUT2D eigenvalue weighted by atomic mass is 9.87. The first-order chi connectivity index (χ1) is 13.6. The van der Waals surface area contributed by atoms with Gasteiger partial charge in [0.1, 0.15) is 5.82 Å². The van der Waals surface area contributed by atoms with Crippen LogP contribution >= 0.6 is 11.3 Å². The summed E-state index contributed by atoms with van der Waals surface area (Å²) in [5, 5.41) is 1.89. The number of hydrogen-bond donors (Lipinski definition) is 0. The van der Waals surface area contributed by atoms with Gasteiger partial charge in [-0.1, -0.05) is 18.2 Å². The number of carbonyl (C=O) groups excluding carboxylic acids is 1. The Hall–Kier alpha value is -2.86. The molecule has 1 aliphatic rings. The van der Waals surface area contributed by atoms with E-state index in [0.29, 0.717) is 29.3 Å². The number of ether oxygens (including phenoxy) is 2. The minimum Gasteiger partial charge on any atom is -0.493 e. The summed E-state index contributed by atoms with van der Waals surface area (Å²) in [6.45, 7) is 0.571. The number of rotatable bonds is 4. The number of thiophene rings is 1. The number of hydrogen-bond acceptors (Lipinski definition) is 4. The van der Waals surface area contributed by atoms with Crippen LogP contribution in [0.5, 0.6) is 11.5 Å². The fraction of sp³-hybridized carbons (Fsp3) is 0.227. The number of amides is 1. The zero-order valence-electron chi connectivity index (χ0n) is 15.6. The molecule has 2 heterocycles. The lowest BCUT2D eigenvalue weighted by molar-refractivity contribution is 0.0699. The van der Waals surface area contributed by atoms with Gasteiger partial charge in [-0.15, -0.1) is 11.3 Å².